The van der Waals surface area contributed by atoms with Crippen LogP contribution in [-0.4, -0.2) is 16.7 Å². The Morgan fingerprint density at radius 3 is 2.53 bits per heavy atom. The summed E-state index contributed by atoms with van der Waals surface area (Å²) in [6.07, 6.45) is 5.71. The van der Waals surface area contributed by atoms with Crippen molar-refractivity contribution in [1.29, 1.82) is 0 Å². The quantitative estimate of drug-likeness (QED) is 0.862. The van der Waals surface area contributed by atoms with Crippen molar-refractivity contribution in [3.8, 4) is 0 Å². The molecule has 2 aromatic rings. The molecule has 2 rings (SSSR count). The van der Waals surface area contributed by atoms with E-state index in [0.717, 1.165) is 19.4 Å². The highest BCUT2D eigenvalue weighted by molar-refractivity contribution is 5.24. The molecule has 100 valence electrons. The van der Waals surface area contributed by atoms with E-state index in [4.69, 9.17) is 0 Å². The van der Waals surface area contributed by atoms with Crippen molar-refractivity contribution in [2.75, 3.05) is 6.54 Å². The average molecular weight is 255 g/mol. The fraction of sp³-hybridized carbons (Fsp3) is 0.375. The summed E-state index contributed by atoms with van der Waals surface area (Å²) >= 11 is 0. The molecule has 0 fully saturated rings. The summed E-state index contributed by atoms with van der Waals surface area (Å²) in [6, 6.07) is 11.1. The molecular formula is C16H21N3. The van der Waals surface area contributed by atoms with Crippen LogP contribution in [-0.2, 0) is 6.42 Å². The molecule has 0 saturated carbocycles. The summed E-state index contributed by atoms with van der Waals surface area (Å²) in [5.74, 6) is 0. The Balaban J connectivity index is 2.11. The second-order valence-electron chi connectivity index (χ2n) is 4.87. The smallest absolute Gasteiger partial charge is 0.0544 e. The Kier molecular flexibility index (Phi) is 5.04. The van der Waals surface area contributed by atoms with Gasteiger partial charge in [-0.3, -0.25) is 0 Å². The van der Waals surface area contributed by atoms with Crippen molar-refractivity contribution in [1.82, 2.24) is 15.5 Å². The van der Waals surface area contributed by atoms with Gasteiger partial charge in [-0.05, 0) is 43.5 Å². The number of benzene rings is 1. The minimum atomic E-state index is 0.304. The summed E-state index contributed by atoms with van der Waals surface area (Å²) in [5.41, 5.74) is 3.84. The molecule has 1 unspecified atom stereocenters. The van der Waals surface area contributed by atoms with E-state index >= 15 is 0 Å². The van der Waals surface area contributed by atoms with Crippen LogP contribution in [0.15, 0.2) is 42.7 Å². The maximum atomic E-state index is 3.98. The van der Waals surface area contributed by atoms with E-state index in [1.165, 1.54) is 16.7 Å². The average Bonchev–Trinajstić information content (AvgIpc) is 2.46. The van der Waals surface area contributed by atoms with E-state index in [-0.39, 0.29) is 0 Å². The van der Waals surface area contributed by atoms with Crippen molar-refractivity contribution < 1.29 is 0 Å². The molecule has 3 nitrogen and oxygen atoms in total. The lowest BCUT2D eigenvalue weighted by Gasteiger charge is -2.18. The highest BCUT2D eigenvalue weighted by Crippen LogP contribution is 2.17. The number of nitrogens with one attached hydrogen (secondary N) is 1. The molecule has 19 heavy (non-hydrogen) atoms. The van der Waals surface area contributed by atoms with E-state index in [1.54, 1.807) is 6.20 Å². The zero-order valence-corrected chi connectivity index (χ0v) is 11.6. The Morgan fingerprint density at radius 2 is 1.89 bits per heavy atom. The van der Waals surface area contributed by atoms with Gasteiger partial charge >= 0.3 is 0 Å². The second-order valence-corrected chi connectivity index (χ2v) is 4.87. The highest BCUT2D eigenvalue weighted by Gasteiger charge is 2.11. The first-order chi connectivity index (χ1) is 9.29. The minimum absolute atomic E-state index is 0.304. The molecule has 1 atom stereocenters. The third kappa shape index (κ3) is 4.14. The van der Waals surface area contributed by atoms with E-state index in [9.17, 15) is 0 Å². The van der Waals surface area contributed by atoms with Crippen molar-refractivity contribution in [2.45, 2.75) is 32.7 Å². The van der Waals surface area contributed by atoms with Crippen molar-refractivity contribution in [2.24, 2.45) is 0 Å². The van der Waals surface area contributed by atoms with Crippen LogP contribution < -0.4 is 5.32 Å². The number of hydrogen-bond acceptors (Lipinski definition) is 3. The molecule has 0 aliphatic rings. The fourth-order valence-electron chi connectivity index (χ4n) is 2.09. The molecular weight excluding hydrogens is 234 g/mol. The van der Waals surface area contributed by atoms with Crippen LogP contribution in [0.5, 0.6) is 0 Å². The van der Waals surface area contributed by atoms with Gasteiger partial charge in [0.2, 0.25) is 0 Å². The monoisotopic (exact) mass is 255 g/mol. The van der Waals surface area contributed by atoms with Crippen LogP contribution in [0.1, 0.15) is 36.1 Å². The van der Waals surface area contributed by atoms with Gasteiger partial charge in [0, 0.05) is 12.2 Å². The Labute approximate surface area is 115 Å². The van der Waals surface area contributed by atoms with Gasteiger partial charge in [-0.1, -0.05) is 36.8 Å². The summed E-state index contributed by atoms with van der Waals surface area (Å²) in [4.78, 5) is 0. The Hall–Kier alpha value is -1.74. The maximum Gasteiger partial charge on any atom is 0.0544 e. The zero-order chi connectivity index (χ0) is 13.5. The number of rotatable bonds is 6. The minimum Gasteiger partial charge on any atom is -0.310 e. The summed E-state index contributed by atoms with van der Waals surface area (Å²) in [6.45, 7) is 5.31. The molecule has 1 heterocycles. The van der Waals surface area contributed by atoms with Crippen molar-refractivity contribution in [3.63, 3.8) is 0 Å². The van der Waals surface area contributed by atoms with Gasteiger partial charge in [-0.15, -0.1) is 0 Å². The van der Waals surface area contributed by atoms with Gasteiger partial charge in [0.25, 0.3) is 0 Å². The second kappa shape index (κ2) is 7.00. The molecule has 0 saturated heterocycles. The lowest BCUT2D eigenvalue weighted by atomic mass is 9.99. The van der Waals surface area contributed by atoms with Crippen LogP contribution in [0.25, 0.3) is 0 Å². The largest absolute Gasteiger partial charge is 0.310 e. The molecule has 0 spiro atoms. The predicted molar refractivity (Wildman–Crippen MR) is 77.9 cm³/mol. The topological polar surface area (TPSA) is 37.8 Å². The molecule has 0 amide bonds. The molecule has 1 aromatic carbocycles. The number of nitrogens with zero attached hydrogens (tertiary/aromatic N) is 2. The SMILES string of the molecule is CCCNC(Cc1ccc(C)cc1)c1ccnnc1. The number of hydrogen-bond donors (Lipinski definition) is 1. The van der Waals surface area contributed by atoms with E-state index < -0.39 is 0 Å². The number of aromatic nitrogens is 2. The van der Waals surface area contributed by atoms with Gasteiger partial charge < -0.3 is 5.32 Å². The first-order valence-electron chi connectivity index (χ1n) is 6.85. The van der Waals surface area contributed by atoms with Crippen LogP contribution in [0, 0.1) is 6.92 Å². The summed E-state index contributed by atoms with van der Waals surface area (Å²) in [5, 5.41) is 11.4. The van der Waals surface area contributed by atoms with Gasteiger partial charge in [0.05, 0.1) is 6.20 Å². The van der Waals surface area contributed by atoms with Crippen LogP contribution in [0.3, 0.4) is 0 Å². The number of aryl methyl sites for hydroxylation is 1. The van der Waals surface area contributed by atoms with Crippen LogP contribution in [0.2, 0.25) is 0 Å². The van der Waals surface area contributed by atoms with Gasteiger partial charge in [-0.25, -0.2) is 0 Å². The van der Waals surface area contributed by atoms with Crippen molar-refractivity contribution in [3.05, 3.63) is 59.4 Å². The Bertz CT molecular complexity index is 479. The third-order valence-corrected chi connectivity index (χ3v) is 3.21. The first kappa shape index (κ1) is 13.7. The van der Waals surface area contributed by atoms with Gasteiger partial charge in [0.1, 0.15) is 0 Å². The van der Waals surface area contributed by atoms with Crippen molar-refractivity contribution >= 4 is 0 Å². The molecule has 3 heteroatoms. The standard InChI is InChI=1S/C16H21N3/c1-3-9-17-16(15-8-10-18-19-12-15)11-14-6-4-13(2)5-7-14/h4-8,10,12,16-17H,3,9,11H2,1-2H3. The lowest BCUT2D eigenvalue weighted by molar-refractivity contribution is 0.526. The van der Waals surface area contributed by atoms with Gasteiger partial charge in [-0.2, -0.15) is 10.2 Å². The Morgan fingerprint density at radius 1 is 1.11 bits per heavy atom. The molecule has 0 bridgehead atoms. The maximum absolute atomic E-state index is 3.98. The zero-order valence-electron chi connectivity index (χ0n) is 11.6. The molecule has 0 radical (unpaired) electrons. The van der Waals surface area contributed by atoms with E-state index in [0.29, 0.717) is 6.04 Å². The molecule has 1 N–H and O–H groups in total. The summed E-state index contributed by atoms with van der Waals surface area (Å²) in [7, 11) is 0. The summed E-state index contributed by atoms with van der Waals surface area (Å²) < 4.78 is 0. The lowest BCUT2D eigenvalue weighted by Crippen LogP contribution is -2.24. The van der Waals surface area contributed by atoms with E-state index in [2.05, 4.69) is 53.6 Å². The predicted octanol–water partition coefficient (Wildman–Crippen LogP) is 3.07. The van der Waals surface area contributed by atoms with E-state index in [1.807, 2.05) is 12.3 Å². The highest BCUT2D eigenvalue weighted by atomic mass is 15.1. The van der Waals surface area contributed by atoms with Crippen LogP contribution in [0.4, 0.5) is 0 Å². The first-order valence-corrected chi connectivity index (χ1v) is 6.85. The van der Waals surface area contributed by atoms with Crippen LogP contribution >= 0.6 is 0 Å². The normalized spacial score (nSPS) is 12.3. The third-order valence-electron chi connectivity index (χ3n) is 3.21. The molecule has 0 aliphatic carbocycles. The molecule has 0 aliphatic heterocycles. The molecule has 1 aromatic heterocycles. The van der Waals surface area contributed by atoms with Gasteiger partial charge in [0.15, 0.2) is 0 Å². The fourth-order valence-corrected chi connectivity index (χ4v) is 2.09.